The molecule has 0 bridgehead atoms. The Balaban J connectivity index is 2.11. The standard InChI is InChI=1S/C12H16N2O4S/c1-9-8-14(12(15)18-9)10(2)13-19(16,17)11-6-4-3-5-7-11/h3-7,9-10,13H,8H2,1-2H3. The van der Waals surface area contributed by atoms with E-state index in [9.17, 15) is 13.2 Å². The Bertz CT molecular complexity index is 558. The number of nitrogens with one attached hydrogen (secondary N) is 1. The minimum absolute atomic E-state index is 0.169. The van der Waals surface area contributed by atoms with Gasteiger partial charge in [0.05, 0.1) is 17.6 Å². The average Bonchev–Trinajstić information content (AvgIpc) is 2.69. The highest BCUT2D eigenvalue weighted by molar-refractivity contribution is 7.89. The van der Waals surface area contributed by atoms with Crippen molar-refractivity contribution in [2.75, 3.05) is 6.54 Å². The molecule has 2 unspecified atom stereocenters. The van der Waals surface area contributed by atoms with Crippen LogP contribution in [-0.4, -0.2) is 38.2 Å². The van der Waals surface area contributed by atoms with Crippen LogP contribution in [0.3, 0.4) is 0 Å². The monoisotopic (exact) mass is 284 g/mol. The third kappa shape index (κ3) is 3.05. The lowest BCUT2D eigenvalue weighted by molar-refractivity contribution is 0.133. The quantitative estimate of drug-likeness (QED) is 0.900. The molecule has 1 heterocycles. The van der Waals surface area contributed by atoms with E-state index in [2.05, 4.69) is 4.72 Å². The fourth-order valence-corrected chi connectivity index (χ4v) is 3.13. The fourth-order valence-electron chi connectivity index (χ4n) is 1.90. The summed E-state index contributed by atoms with van der Waals surface area (Å²) < 4.78 is 31.6. The van der Waals surface area contributed by atoms with E-state index in [0.29, 0.717) is 6.54 Å². The van der Waals surface area contributed by atoms with Gasteiger partial charge in [0, 0.05) is 0 Å². The molecule has 104 valence electrons. The molecule has 1 aromatic carbocycles. The van der Waals surface area contributed by atoms with Crippen molar-refractivity contribution >= 4 is 16.1 Å². The molecule has 1 aliphatic heterocycles. The molecule has 2 atom stereocenters. The Morgan fingerprint density at radius 1 is 1.37 bits per heavy atom. The van der Waals surface area contributed by atoms with Crippen molar-refractivity contribution in [2.24, 2.45) is 0 Å². The van der Waals surface area contributed by atoms with Gasteiger partial charge in [-0.1, -0.05) is 18.2 Å². The summed E-state index contributed by atoms with van der Waals surface area (Å²) in [5.41, 5.74) is 0. The van der Waals surface area contributed by atoms with Gasteiger partial charge in [-0.15, -0.1) is 0 Å². The van der Waals surface area contributed by atoms with Gasteiger partial charge < -0.3 is 4.74 Å². The summed E-state index contributed by atoms with van der Waals surface area (Å²) >= 11 is 0. The zero-order valence-electron chi connectivity index (χ0n) is 10.7. The van der Waals surface area contributed by atoms with Gasteiger partial charge in [0.25, 0.3) is 0 Å². The van der Waals surface area contributed by atoms with Crippen molar-refractivity contribution in [1.29, 1.82) is 0 Å². The molecule has 0 saturated carbocycles. The molecule has 0 spiro atoms. The number of carbonyl (C=O) groups is 1. The van der Waals surface area contributed by atoms with Gasteiger partial charge in [0.1, 0.15) is 6.10 Å². The van der Waals surface area contributed by atoms with Crippen LogP contribution in [0, 0.1) is 0 Å². The molecule has 1 aromatic rings. The highest BCUT2D eigenvalue weighted by atomic mass is 32.2. The van der Waals surface area contributed by atoms with Crippen LogP contribution < -0.4 is 4.72 Å². The number of ether oxygens (including phenoxy) is 1. The number of cyclic esters (lactones) is 1. The second kappa shape index (κ2) is 5.18. The lowest BCUT2D eigenvalue weighted by atomic mass is 10.4. The normalized spacial score (nSPS) is 21.3. The number of hydrogen-bond acceptors (Lipinski definition) is 4. The highest BCUT2D eigenvalue weighted by Gasteiger charge is 2.33. The van der Waals surface area contributed by atoms with Gasteiger partial charge >= 0.3 is 6.09 Å². The molecule has 1 amide bonds. The summed E-state index contributed by atoms with van der Waals surface area (Å²) in [4.78, 5) is 13.0. The first-order valence-electron chi connectivity index (χ1n) is 5.95. The number of rotatable bonds is 4. The molecular formula is C12H16N2O4S. The Hall–Kier alpha value is -1.60. The maximum absolute atomic E-state index is 12.1. The van der Waals surface area contributed by atoms with Crippen molar-refractivity contribution < 1.29 is 17.9 Å². The van der Waals surface area contributed by atoms with Gasteiger partial charge in [0.2, 0.25) is 10.0 Å². The predicted octanol–water partition coefficient (Wildman–Crippen LogP) is 1.15. The van der Waals surface area contributed by atoms with E-state index < -0.39 is 22.3 Å². The summed E-state index contributed by atoms with van der Waals surface area (Å²) in [6.45, 7) is 3.74. The van der Waals surface area contributed by atoms with Gasteiger partial charge in [0.15, 0.2) is 0 Å². The summed E-state index contributed by atoms with van der Waals surface area (Å²) in [6.07, 6.45) is -1.38. The van der Waals surface area contributed by atoms with Gasteiger partial charge in [-0.05, 0) is 26.0 Å². The van der Waals surface area contributed by atoms with Crippen LogP contribution in [0.2, 0.25) is 0 Å². The zero-order chi connectivity index (χ0) is 14.0. The van der Waals surface area contributed by atoms with Crippen molar-refractivity contribution in [3.05, 3.63) is 30.3 Å². The van der Waals surface area contributed by atoms with E-state index in [1.807, 2.05) is 0 Å². The van der Waals surface area contributed by atoms with E-state index in [0.717, 1.165) is 0 Å². The third-order valence-electron chi connectivity index (χ3n) is 2.84. The SMILES string of the molecule is CC1CN(C(C)NS(=O)(=O)c2ccccc2)C(=O)O1. The second-order valence-corrected chi connectivity index (χ2v) is 6.17. The van der Waals surface area contributed by atoms with Gasteiger partial charge in [-0.3, -0.25) is 4.90 Å². The van der Waals surface area contributed by atoms with Gasteiger partial charge in [-0.2, -0.15) is 4.72 Å². The van der Waals surface area contributed by atoms with Gasteiger partial charge in [-0.25, -0.2) is 13.2 Å². The molecule has 1 saturated heterocycles. The molecule has 19 heavy (non-hydrogen) atoms. The van der Waals surface area contributed by atoms with E-state index in [-0.39, 0.29) is 11.0 Å². The van der Waals surface area contributed by atoms with Crippen molar-refractivity contribution in [3.63, 3.8) is 0 Å². The van der Waals surface area contributed by atoms with Crippen LogP contribution in [0.15, 0.2) is 35.2 Å². The Morgan fingerprint density at radius 3 is 2.53 bits per heavy atom. The first-order valence-corrected chi connectivity index (χ1v) is 7.43. The Kier molecular flexibility index (Phi) is 3.77. The van der Waals surface area contributed by atoms with Crippen molar-refractivity contribution in [2.45, 2.75) is 31.0 Å². The van der Waals surface area contributed by atoms with Crippen LogP contribution in [0.5, 0.6) is 0 Å². The average molecular weight is 284 g/mol. The van der Waals surface area contributed by atoms with E-state index >= 15 is 0 Å². The minimum atomic E-state index is -3.64. The molecule has 1 fully saturated rings. The minimum Gasteiger partial charge on any atom is -0.444 e. The molecule has 1 aliphatic rings. The van der Waals surface area contributed by atoms with Crippen molar-refractivity contribution in [3.8, 4) is 0 Å². The maximum atomic E-state index is 12.1. The molecule has 0 aromatic heterocycles. The van der Waals surface area contributed by atoms with E-state index in [1.165, 1.54) is 17.0 Å². The maximum Gasteiger partial charge on any atom is 0.411 e. The molecule has 1 N–H and O–H groups in total. The first-order chi connectivity index (χ1) is 8.90. The highest BCUT2D eigenvalue weighted by Crippen LogP contribution is 2.15. The fraction of sp³-hybridized carbons (Fsp3) is 0.417. The number of amides is 1. The summed E-state index contributed by atoms with van der Waals surface area (Å²) in [7, 11) is -3.64. The van der Waals surface area contributed by atoms with Crippen LogP contribution in [0.25, 0.3) is 0 Å². The number of sulfonamides is 1. The summed E-state index contributed by atoms with van der Waals surface area (Å²) in [5.74, 6) is 0. The number of hydrogen-bond donors (Lipinski definition) is 1. The lowest BCUT2D eigenvalue weighted by Gasteiger charge is -2.22. The molecule has 7 heteroatoms. The smallest absolute Gasteiger partial charge is 0.411 e. The Labute approximate surface area is 112 Å². The van der Waals surface area contributed by atoms with Crippen LogP contribution in [0.1, 0.15) is 13.8 Å². The molecule has 0 aliphatic carbocycles. The van der Waals surface area contributed by atoms with Crippen molar-refractivity contribution in [1.82, 2.24) is 9.62 Å². The zero-order valence-corrected chi connectivity index (χ0v) is 11.6. The number of nitrogens with zero attached hydrogens (tertiary/aromatic N) is 1. The topological polar surface area (TPSA) is 75.7 Å². The summed E-state index contributed by atoms with van der Waals surface area (Å²) in [5, 5.41) is 0. The summed E-state index contributed by atoms with van der Waals surface area (Å²) in [6, 6.07) is 8.03. The molecule has 2 rings (SSSR count). The molecule has 6 nitrogen and oxygen atoms in total. The lowest BCUT2D eigenvalue weighted by Crippen LogP contribution is -2.46. The molecule has 0 radical (unpaired) electrons. The largest absolute Gasteiger partial charge is 0.444 e. The second-order valence-electron chi connectivity index (χ2n) is 4.46. The molecular weight excluding hydrogens is 268 g/mol. The van der Waals surface area contributed by atoms with E-state index in [1.54, 1.807) is 32.0 Å². The van der Waals surface area contributed by atoms with Crippen LogP contribution in [-0.2, 0) is 14.8 Å². The van der Waals surface area contributed by atoms with Crippen LogP contribution in [0.4, 0.5) is 4.79 Å². The number of benzene rings is 1. The van der Waals surface area contributed by atoms with E-state index in [4.69, 9.17) is 4.74 Å². The third-order valence-corrected chi connectivity index (χ3v) is 4.38. The predicted molar refractivity (Wildman–Crippen MR) is 68.9 cm³/mol. The van der Waals surface area contributed by atoms with Crippen LogP contribution >= 0.6 is 0 Å². The first kappa shape index (κ1) is 13.8. The number of carbonyl (C=O) groups excluding carboxylic acids is 1. The Morgan fingerprint density at radius 2 is 2.00 bits per heavy atom.